The average Bonchev–Trinajstić information content (AvgIpc) is 2.15. The van der Waals surface area contributed by atoms with Crippen molar-refractivity contribution in [3.8, 4) is 0 Å². The van der Waals surface area contributed by atoms with Crippen LogP contribution in [-0.4, -0.2) is 52.8 Å². The van der Waals surface area contributed by atoms with Crippen molar-refractivity contribution in [2.24, 2.45) is 5.73 Å². The molecule has 16 heavy (non-hydrogen) atoms. The number of nitrogens with one attached hydrogen (secondary N) is 2. The van der Waals surface area contributed by atoms with Crippen molar-refractivity contribution >= 4 is 18.0 Å². The SMILES string of the molecule is CN(C(=O)O)C(CCCNC(=N)N)C(=O)O. The van der Waals surface area contributed by atoms with Crippen molar-refractivity contribution in [1.82, 2.24) is 10.2 Å². The maximum absolute atomic E-state index is 10.8. The highest BCUT2D eigenvalue weighted by Crippen LogP contribution is 2.05. The zero-order chi connectivity index (χ0) is 12.7. The number of likely N-dealkylation sites (N-methyl/N-ethyl adjacent to an activating group) is 1. The third-order valence-electron chi connectivity index (χ3n) is 2.02. The van der Waals surface area contributed by atoms with E-state index < -0.39 is 18.1 Å². The van der Waals surface area contributed by atoms with E-state index in [9.17, 15) is 9.59 Å². The molecule has 0 rings (SSSR count). The number of carboxylic acid groups (broad SMARTS) is 2. The normalized spacial score (nSPS) is 11.6. The maximum Gasteiger partial charge on any atom is 0.407 e. The van der Waals surface area contributed by atoms with E-state index >= 15 is 0 Å². The fourth-order valence-corrected chi connectivity index (χ4v) is 1.13. The van der Waals surface area contributed by atoms with Crippen molar-refractivity contribution in [1.29, 1.82) is 5.41 Å². The zero-order valence-electron chi connectivity index (χ0n) is 8.93. The lowest BCUT2D eigenvalue weighted by Gasteiger charge is -2.21. The predicted octanol–water partition coefficient (Wildman–Crippen LogP) is -0.687. The number of aliphatic carboxylic acids is 1. The third-order valence-corrected chi connectivity index (χ3v) is 2.02. The second kappa shape index (κ2) is 6.49. The molecule has 8 heteroatoms. The second-order valence-electron chi connectivity index (χ2n) is 3.23. The molecular formula is C8H16N4O4. The van der Waals surface area contributed by atoms with Crippen LogP contribution in [0.1, 0.15) is 12.8 Å². The van der Waals surface area contributed by atoms with Crippen LogP contribution >= 0.6 is 0 Å². The summed E-state index contributed by atoms with van der Waals surface area (Å²) in [7, 11) is 1.21. The number of nitrogens with zero attached hydrogens (tertiary/aromatic N) is 1. The molecule has 0 aromatic rings. The van der Waals surface area contributed by atoms with Crippen molar-refractivity contribution in [3.63, 3.8) is 0 Å². The van der Waals surface area contributed by atoms with Gasteiger partial charge in [-0.05, 0) is 12.8 Å². The second-order valence-corrected chi connectivity index (χ2v) is 3.23. The number of hydrogen-bond donors (Lipinski definition) is 5. The summed E-state index contributed by atoms with van der Waals surface area (Å²) in [4.78, 5) is 22.1. The van der Waals surface area contributed by atoms with Crippen molar-refractivity contribution in [2.45, 2.75) is 18.9 Å². The highest BCUT2D eigenvalue weighted by molar-refractivity contribution is 5.79. The number of hydrogen-bond acceptors (Lipinski definition) is 3. The quantitative estimate of drug-likeness (QED) is 0.233. The molecule has 0 aliphatic rings. The van der Waals surface area contributed by atoms with Crippen LogP contribution in [0.5, 0.6) is 0 Å². The predicted molar refractivity (Wildman–Crippen MR) is 56.4 cm³/mol. The van der Waals surface area contributed by atoms with Crippen LogP contribution in [0, 0.1) is 5.41 Å². The van der Waals surface area contributed by atoms with Gasteiger partial charge in [-0.15, -0.1) is 0 Å². The van der Waals surface area contributed by atoms with Gasteiger partial charge in [0.2, 0.25) is 0 Å². The monoisotopic (exact) mass is 232 g/mol. The van der Waals surface area contributed by atoms with Gasteiger partial charge in [-0.1, -0.05) is 0 Å². The Kier molecular flexibility index (Phi) is 5.68. The molecule has 8 nitrogen and oxygen atoms in total. The molecule has 0 saturated carbocycles. The van der Waals surface area contributed by atoms with Crippen LogP contribution in [0.15, 0.2) is 0 Å². The van der Waals surface area contributed by atoms with Crippen molar-refractivity contribution in [3.05, 3.63) is 0 Å². The smallest absolute Gasteiger partial charge is 0.407 e. The number of carboxylic acids is 1. The Morgan fingerprint density at radius 2 is 2.06 bits per heavy atom. The number of amides is 1. The highest BCUT2D eigenvalue weighted by atomic mass is 16.4. The Balaban J connectivity index is 4.10. The lowest BCUT2D eigenvalue weighted by Crippen LogP contribution is -2.42. The largest absolute Gasteiger partial charge is 0.480 e. The van der Waals surface area contributed by atoms with Crippen LogP contribution in [0.25, 0.3) is 0 Å². The number of guanidine groups is 1. The molecule has 0 aliphatic carbocycles. The Morgan fingerprint density at radius 1 is 1.50 bits per heavy atom. The van der Waals surface area contributed by atoms with E-state index in [1.165, 1.54) is 7.05 Å². The first kappa shape index (κ1) is 14.0. The number of carbonyl (C=O) groups is 2. The first-order chi connectivity index (χ1) is 7.36. The topological polar surface area (TPSA) is 140 Å². The van der Waals surface area contributed by atoms with Gasteiger partial charge in [-0.25, -0.2) is 9.59 Å². The first-order valence-corrected chi connectivity index (χ1v) is 4.62. The highest BCUT2D eigenvalue weighted by Gasteiger charge is 2.25. The van der Waals surface area contributed by atoms with Crippen LogP contribution < -0.4 is 11.1 Å². The summed E-state index contributed by atoms with van der Waals surface area (Å²) < 4.78 is 0. The van der Waals surface area contributed by atoms with E-state index in [1.807, 2.05) is 0 Å². The molecule has 0 aliphatic heterocycles. The molecule has 92 valence electrons. The summed E-state index contributed by atoms with van der Waals surface area (Å²) in [5.41, 5.74) is 5.03. The van der Waals surface area contributed by atoms with Gasteiger partial charge < -0.3 is 21.3 Å². The Labute approximate surface area is 92.5 Å². The van der Waals surface area contributed by atoms with E-state index in [0.29, 0.717) is 13.0 Å². The van der Waals surface area contributed by atoms with Crippen molar-refractivity contribution in [2.75, 3.05) is 13.6 Å². The Morgan fingerprint density at radius 3 is 2.44 bits per heavy atom. The summed E-state index contributed by atoms with van der Waals surface area (Å²) in [5.74, 6) is -1.38. The van der Waals surface area contributed by atoms with Crippen molar-refractivity contribution < 1.29 is 19.8 Å². The van der Waals surface area contributed by atoms with Crippen LogP contribution in [0.3, 0.4) is 0 Å². The lowest BCUT2D eigenvalue weighted by molar-refractivity contribution is -0.142. The van der Waals surface area contributed by atoms with Gasteiger partial charge in [0.1, 0.15) is 6.04 Å². The maximum atomic E-state index is 10.8. The van der Waals surface area contributed by atoms with Gasteiger partial charge in [0, 0.05) is 13.6 Å². The summed E-state index contributed by atoms with van der Waals surface area (Å²) in [5, 5.41) is 26.8. The van der Waals surface area contributed by atoms with Crippen LogP contribution in [-0.2, 0) is 4.79 Å². The van der Waals surface area contributed by atoms with Gasteiger partial charge in [0.05, 0.1) is 0 Å². The van der Waals surface area contributed by atoms with E-state index in [2.05, 4.69) is 5.32 Å². The minimum Gasteiger partial charge on any atom is -0.480 e. The van der Waals surface area contributed by atoms with Gasteiger partial charge >= 0.3 is 12.1 Å². The van der Waals surface area contributed by atoms with E-state index in [-0.39, 0.29) is 12.4 Å². The zero-order valence-corrected chi connectivity index (χ0v) is 8.93. The summed E-state index contributed by atoms with van der Waals surface area (Å²) >= 11 is 0. The molecule has 0 fully saturated rings. The van der Waals surface area contributed by atoms with Gasteiger partial charge in [-0.3, -0.25) is 10.3 Å². The molecule has 0 saturated heterocycles. The standard InChI is InChI=1S/C8H16N4O4/c1-12(8(15)16)5(6(13)14)3-2-4-11-7(9)10/h5H,2-4H2,1H3,(H,13,14)(H,15,16)(H4,9,10,11). The molecule has 0 bridgehead atoms. The molecule has 0 aromatic heterocycles. The summed E-state index contributed by atoms with van der Waals surface area (Å²) in [6.45, 7) is 0.340. The lowest BCUT2D eigenvalue weighted by atomic mass is 10.1. The summed E-state index contributed by atoms with van der Waals surface area (Å²) in [6, 6.07) is -1.08. The first-order valence-electron chi connectivity index (χ1n) is 4.62. The van der Waals surface area contributed by atoms with E-state index in [4.69, 9.17) is 21.4 Å². The molecule has 6 N–H and O–H groups in total. The van der Waals surface area contributed by atoms with E-state index in [1.54, 1.807) is 0 Å². The molecule has 0 heterocycles. The minimum atomic E-state index is -1.29. The minimum absolute atomic E-state index is 0.165. The molecule has 0 aromatic carbocycles. The van der Waals surface area contributed by atoms with Gasteiger partial charge in [0.25, 0.3) is 0 Å². The van der Waals surface area contributed by atoms with Gasteiger partial charge in [-0.2, -0.15) is 0 Å². The molecule has 1 atom stereocenters. The van der Waals surface area contributed by atoms with Crippen LogP contribution in [0.4, 0.5) is 4.79 Å². The molecule has 1 unspecified atom stereocenters. The fraction of sp³-hybridized carbons (Fsp3) is 0.625. The van der Waals surface area contributed by atoms with Crippen LogP contribution in [0.2, 0.25) is 0 Å². The molecular weight excluding hydrogens is 216 g/mol. The molecule has 0 spiro atoms. The Bertz CT molecular complexity index is 281. The molecule has 0 radical (unpaired) electrons. The van der Waals surface area contributed by atoms with E-state index in [0.717, 1.165) is 4.90 Å². The molecule has 1 amide bonds. The summed E-state index contributed by atoms with van der Waals surface area (Å²) in [6.07, 6.45) is -0.709. The number of rotatable bonds is 6. The average molecular weight is 232 g/mol. The fourth-order valence-electron chi connectivity index (χ4n) is 1.13. The number of nitrogens with two attached hydrogens (primary N) is 1. The Hall–Kier alpha value is -1.99. The van der Waals surface area contributed by atoms with Gasteiger partial charge in [0.15, 0.2) is 5.96 Å². The third kappa shape index (κ3) is 5.03.